The summed E-state index contributed by atoms with van der Waals surface area (Å²) in [5, 5.41) is 2.56. The van der Waals surface area contributed by atoms with Gasteiger partial charge in [-0.05, 0) is 19.1 Å². The Morgan fingerprint density at radius 1 is 1.47 bits per heavy atom. The van der Waals surface area contributed by atoms with Crippen molar-refractivity contribution in [3.05, 3.63) is 21.3 Å². The van der Waals surface area contributed by atoms with Crippen LogP contribution in [-0.4, -0.2) is 26.6 Å². The highest BCUT2D eigenvalue weighted by Crippen LogP contribution is 2.23. The largest absolute Gasteiger partial charge is 0.356 e. The molecule has 0 radical (unpaired) electrons. The van der Waals surface area contributed by atoms with Crippen molar-refractivity contribution >= 4 is 38.7 Å². The van der Waals surface area contributed by atoms with Gasteiger partial charge < -0.3 is 5.32 Å². The van der Waals surface area contributed by atoms with Gasteiger partial charge in [0.15, 0.2) is 9.84 Å². The van der Waals surface area contributed by atoms with Gasteiger partial charge in [-0.1, -0.05) is 11.6 Å². The summed E-state index contributed by atoms with van der Waals surface area (Å²) >= 11 is 6.96. The number of sulfone groups is 1. The molecule has 1 aromatic heterocycles. The van der Waals surface area contributed by atoms with Crippen LogP contribution in [0.25, 0.3) is 0 Å². The number of halogens is 1. The molecule has 17 heavy (non-hydrogen) atoms. The summed E-state index contributed by atoms with van der Waals surface area (Å²) in [5.74, 6) is -0.418. The van der Waals surface area contributed by atoms with E-state index in [1.165, 1.54) is 11.3 Å². The van der Waals surface area contributed by atoms with E-state index in [4.69, 9.17) is 11.6 Å². The molecule has 0 saturated carbocycles. The molecule has 0 aliphatic rings. The summed E-state index contributed by atoms with van der Waals surface area (Å²) < 4.78 is 24.0. The molecule has 0 atom stereocenters. The third-order valence-corrected chi connectivity index (χ3v) is 5.00. The van der Waals surface area contributed by atoms with Gasteiger partial charge in [-0.25, -0.2) is 8.42 Å². The van der Waals surface area contributed by atoms with Gasteiger partial charge in [-0.15, -0.1) is 11.3 Å². The molecular formula is C10H14ClNO3S2. The van der Waals surface area contributed by atoms with Crippen LogP contribution < -0.4 is 5.32 Å². The number of amides is 1. The van der Waals surface area contributed by atoms with Crippen molar-refractivity contribution in [2.45, 2.75) is 19.1 Å². The van der Waals surface area contributed by atoms with Crippen molar-refractivity contribution in [3.63, 3.8) is 0 Å². The SMILES string of the molecule is CCNC(=O)CCS(=O)(=O)Cc1ccc(Cl)s1. The monoisotopic (exact) mass is 295 g/mol. The quantitative estimate of drug-likeness (QED) is 0.871. The van der Waals surface area contributed by atoms with Crippen LogP contribution in [0.15, 0.2) is 12.1 Å². The summed E-state index contributed by atoms with van der Waals surface area (Å²) in [6, 6.07) is 3.36. The third-order valence-electron chi connectivity index (χ3n) is 2.01. The fourth-order valence-corrected chi connectivity index (χ4v) is 4.08. The Hall–Kier alpha value is -0.590. The summed E-state index contributed by atoms with van der Waals surface area (Å²) in [6.45, 7) is 2.31. The summed E-state index contributed by atoms with van der Waals surface area (Å²) in [4.78, 5) is 11.9. The van der Waals surface area contributed by atoms with Crippen LogP contribution in [-0.2, 0) is 20.4 Å². The summed E-state index contributed by atoms with van der Waals surface area (Å²) in [5.41, 5.74) is 0. The number of hydrogen-bond acceptors (Lipinski definition) is 4. The van der Waals surface area contributed by atoms with E-state index in [0.717, 1.165) is 0 Å². The Morgan fingerprint density at radius 3 is 2.71 bits per heavy atom. The number of carbonyl (C=O) groups excluding carboxylic acids is 1. The molecule has 1 N–H and O–H groups in total. The molecule has 0 aliphatic heterocycles. The van der Waals surface area contributed by atoms with Crippen LogP contribution in [0.2, 0.25) is 4.34 Å². The zero-order valence-electron chi connectivity index (χ0n) is 9.40. The van der Waals surface area contributed by atoms with Crippen molar-refractivity contribution in [2.24, 2.45) is 0 Å². The van der Waals surface area contributed by atoms with Crippen LogP contribution in [0.5, 0.6) is 0 Å². The summed E-state index contributed by atoms with van der Waals surface area (Å²) in [6.07, 6.45) is 0.00921. The van der Waals surface area contributed by atoms with Gasteiger partial charge >= 0.3 is 0 Å². The van der Waals surface area contributed by atoms with Crippen LogP contribution in [0, 0.1) is 0 Å². The molecule has 4 nitrogen and oxygen atoms in total. The predicted molar refractivity (Wildman–Crippen MR) is 70.1 cm³/mol. The van der Waals surface area contributed by atoms with Crippen molar-refractivity contribution in [1.29, 1.82) is 0 Å². The number of thiophene rings is 1. The van der Waals surface area contributed by atoms with Crippen LogP contribution in [0.1, 0.15) is 18.2 Å². The molecule has 1 amide bonds. The number of carbonyl (C=O) groups is 1. The van der Waals surface area contributed by atoms with E-state index in [9.17, 15) is 13.2 Å². The highest BCUT2D eigenvalue weighted by atomic mass is 35.5. The first-order chi connectivity index (χ1) is 7.93. The van der Waals surface area contributed by atoms with Crippen LogP contribution in [0.3, 0.4) is 0 Å². The first-order valence-electron chi connectivity index (χ1n) is 5.14. The van der Waals surface area contributed by atoms with Crippen molar-refractivity contribution in [1.82, 2.24) is 5.32 Å². The highest BCUT2D eigenvalue weighted by molar-refractivity contribution is 7.90. The predicted octanol–water partition coefficient (Wildman–Crippen LogP) is 1.84. The van der Waals surface area contributed by atoms with Gasteiger partial charge in [0.1, 0.15) is 0 Å². The van der Waals surface area contributed by atoms with E-state index in [-0.39, 0.29) is 23.8 Å². The molecule has 0 bridgehead atoms. The smallest absolute Gasteiger partial charge is 0.221 e. The number of nitrogens with one attached hydrogen (secondary N) is 1. The zero-order valence-corrected chi connectivity index (χ0v) is 11.8. The molecule has 96 valence electrons. The minimum atomic E-state index is -3.24. The lowest BCUT2D eigenvalue weighted by molar-refractivity contribution is -0.120. The molecule has 1 heterocycles. The van der Waals surface area contributed by atoms with Crippen molar-refractivity contribution < 1.29 is 13.2 Å². The molecule has 0 aromatic carbocycles. The molecule has 1 rings (SSSR count). The molecule has 0 spiro atoms. The molecule has 0 unspecified atom stereocenters. The van der Waals surface area contributed by atoms with Gasteiger partial charge in [-0.3, -0.25) is 4.79 Å². The first-order valence-corrected chi connectivity index (χ1v) is 8.16. The van der Waals surface area contributed by atoms with Gasteiger partial charge in [-0.2, -0.15) is 0 Å². The Morgan fingerprint density at radius 2 is 2.18 bits per heavy atom. The fourth-order valence-electron chi connectivity index (χ4n) is 1.25. The van der Waals surface area contributed by atoms with Crippen LogP contribution >= 0.6 is 22.9 Å². The second-order valence-electron chi connectivity index (χ2n) is 3.50. The maximum atomic E-state index is 11.7. The van der Waals surface area contributed by atoms with E-state index >= 15 is 0 Å². The van der Waals surface area contributed by atoms with Gasteiger partial charge in [0, 0.05) is 17.8 Å². The Kier molecular flexibility index (Phi) is 5.42. The highest BCUT2D eigenvalue weighted by Gasteiger charge is 2.15. The normalized spacial score (nSPS) is 11.4. The van der Waals surface area contributed by atoms with Gasteiger partial charge in [0.2, 0.25) is 5.91 Å². The van der Waals surface area contributed by atoms with E-state index in [1.54, 1.807) is 19.1 Å². The molecular weight excluding hydrogens is 282 g/mol. The van der Waals surface area contributed by atoms with Gasteiger partial charge in [0.25, 0.3) is 0 Å². The Labute approximate surface area is 110 Å². The fraction of sp³-hybridized carbons (Fsp3) is 0.500. The Bertz CT molecular complexity index is 481. The van der Waals surface area contributed by atoms with E-state index < -0.39 is 9.84 Å². The van der Waals surface area contributed by atoms with Gasteiger partial charge in [0.05, 0.1) is 15.8 Å². The standard InChI is InChI=1S/C10H14ClNO3S2/c1-2-12-10(13)5-6-17(14,15)7-8-3-4-9(11)16-8/h3-4H,2,5-7H2,1H3,(H,12,13). The lowest BCUT2D eigenvalue weighted by Crippen LogP contribution is -2.25. The number of hydrogen-bond donors (Lipinski definition) is 1. The summed E-state index contributed by atoms with van der Waals surface area (Å²) in [7, 11) is -3.24. The van der Waals surface area contributed by atoms with Crippen LogP contribution in [0.4, 0.5) is 0 Å². The molecule has 0 aliphatic carbocycles. The lowest BCUT2D eigenvalue weighted by Gasteiger charge is -2.03. The second kappa shape index (κ2) is 6.37. The molecule has 1 aromatic rings. The molecule has 0 fully saturated rings. The average Bonchev–Trinajstić information content (AvgIpc) is 2.61. The maximum Gasteiger partial charge on any atom is 0.221 e. The Balaban J connectivity index is 2.49. The topological polar surface area (TPSA) is 63.2 Å². The molecule has 0 saturated heterocycles. The van der Waals surface area contributed by atoms with E-state index in [1.807, 2.05) is 0 Å². The third kappa shape index (κ3) is 5.52. The second-order valence-corrected chi connectivity index (χ2v) is 7.49. The minimum Gasteiger partial charge on any atom is -0.356 e. The van der Waals surface area contributed by atoms with Crippen molar-refractivity contribution in [3.8, 4) is 0 Å². The van der Waals surface area contributed by atoms with E-state index in [2.05, 4.69) is 5.32 Å². The molecule has 7 heteroatoms. The minimum absolute atomic E-state index is 0.00921. The number of rotatable bonds is 6. The van der Waals surface area contributed by atoms with Crippen molar-refractivity contribution in [2.75, 3.05) is 12.3 Å². The first kappa shape index (κ1) is 14.5. The van der Waals surface area contributed by atoms with E-state index in [0.29, 0.717) is 15.8 Å². The zero-order chi connectivity index (χ0) is 12.9. The lowest BCUT2D eigenvalue weighted by atomic mass is 10.4. The average molecular weight is 296 g/mol. The maximum absolute atomic E-state index is 11.7.